The number of rotatable bonds is 3. The molecule has 0 aliphatic carbocycles. The van der Waals surface area contributed by atoms with Crippen LogP contribution in [0.4, 0.5) is 0 Å². The highest BCUT2D eigenvalue weighted by Crippen LogP contribution is 2.31. The average molecular weight is 353 g/mol. The normalized spacial score (nSPS) is 15.1. The van der Waals surface area contributed by atoms with Crippen molar-refractivity contribution < 1.29 is 17.6 Å². The molecule has 3 aromatic rings. The zero-order chi connectivity index (χ0) is 17.4. The summed E-state index contributed by atoms with van der Waals surface area (Å²) in [5, 5.41) is 0. The predicted octanol–water partition coefficient (Wildman–Crippen LogP) is 3.33. The molecule has 6 heteroatoms. The highest BCUT2D eigenvalue weighted by molar-refractivity contribution is 7.89. The van der Waals surface area contributed by atoms with Crippen LogP contribution in [-0.4, -0.2) is 25.1 Å². The number of benzene rings is 2. The van der Waals surface area contributed by atoms with E-state index in [0.29, 0.717) is 17.1 Å². The molecular formula is C19H15NO4S. The lowest BCUT2D eigenvalue weighted by molar-refractivity contribution is 0.0943. The first-order chi connectivity index (χ1) is 12.1. The van der Waals surface area contributed by atoms with Crippen LogP contribution >= 0.6 is 0 Å². The van der Waals surface area contributed by atoms with E-state index in [0.717, 1.165) is 9.87 Å². The molecule has 0 amide bonds. The summed E-state index contributed by atoms with van der Waals surface area (Å²) in [6, 6.07) is 19.2. The first-order valence-electron chi connectivity index (χ1n) is 7.82. The van der Waals surface area contributed by atoms with Gasteiger partial charge in [-0.2, -0.15) is 4.31 Å². The summed E-state index contributed by atoms with van der Waals surface area (Å²) >= 11 is 0. The molecule has 0 saturated carbocycles. The Morgan fingerprint density at radius 1 is 0.880 bits per heavy atom. The number of Topliss-reactive ketones (excluding diaryl/α,β-unsaturated/α-hetero) is 1. The van der Waals surface area contributed by atoms with Crippen LogP contribution in [0.5, 0.6) is 0 Å². The third kappa shape index (κ3) is 2.79. The summed E-state index contributed by atoms with van der Waals surface area (Å²) in [4.78, 5) is 12.6. The highest BCUT2D eigenvalue weighted by Gasteiger charge is 2.34. The molecule has 2 heterocycles. The minimum atomic E-state index is -3.74. The van der Waals surface area contributed by atoms with Gasteiger partial charge in [-0.25, -0.2) is 8.42 Å². The van der Waals surface area contributed by atoms with E-state index in [1.54, 1.807) is 24.3 Å². The van der Waals surface area contributed by atoms with Crippen molar-refractivity contribution in [1.82, 2.24) is 4.31 Å². The predicted molar refractivity (Wildman–Crippen MR) is 92.5 cm³/mol. The Labute approximate surface area is 145 Å². The molecule has 25 heavy (non-hydrogen) atoms. The molecule has 5 nitrogen and oxygen atoms in total. The number of hydrogen-bond donors (Lipinski definition) is 0. The fourth-order valence-corrected chi connectivity index (χ4v) is 4.27. The van der Waals surface area contributed by atoms with E-state index in [1.165, 1.54) is 12.1 Å². The SMILES string of the molecule is O=C1CN(S(=O)(=O)c2ccccc2)Cc2oc(-c3ccccc3)cc21. The van der Waals surface area contributed by atoms with E-state index < -0.39 is 10.0 Å². The lowest BCUT2D eigenvalue weighted by Crippen LogP contribution is -2.38. The van der Waals surface area contributed by atoms with E-state index in [2.05, 4.69) is 0 Å². The number of carbonyl (C=O) groups is 1. The van der Waals surface area contributed by atoms with Crippen LogP contribution < -0.4 is 0 Å². The standard InChI is InChI=1S/C19H15NO4S/c21-17-12-20(25(22,23)15-9-5-2-6-10-15)13-19-16(17)11-18(24-19)14-7-3-1-4-8-14/h1-11H,12-13H2. The highest BCUT2D eigenvalue weighted by atomic mass is 32.2. The van der Waals surface area contributed by atoms with E-state index in [-0.39, 0.29) is 23.8 Å². The molecule has 0 unspecified atom stereocenters. The largest absolute Gasteiger partial charge is 0.459 e. The van der Waals surface area contributed by atoms with Crippen molar-refractivity contribution >= 4 is 15.8 Å². The van der Waals surface area contributed by atoms with E-state index >= 15 is 0 Å². The molecule has 0 radical (unpaired) electrons. The van der Waals surface area contributed by atoms with Crippen LogP contribution in [0.3, 0.4) is 0 Å². The van der Waals surface area contributed by atoms with Gasteiger partial charge >= 0.3 is 0 Å². The average Bonchev–Trinajstić information content (AvgIpc) is 3.08. The smallest absolute Gasteiger partial charge is 0.243 e. The van der Waals surface area contributed by atoms with Gasteiger partial charge < -0.3 is 4.42 Å². The summed E-state index contributed by atoms with van der Waals surface area (Å²) in [6.07, 6.45) is 0. The summed E-state index contributed by atoms with van der Waals surface area (Å²) in [5.41, 5.74) is 1.31. The zero-order valence-electron chi connectivity index (χ0n) is 13.3. The summed E-state index contributed by atoms with van der Waals surface area (Å²) in [7, 11) is -3.74. The second kappa shape index (κ2) is 5.98. The minimum Gasteiger partial charge on any atom is -0.459 e. The maximum atomic E-state index is 12.8. The monoisotopic (exact) mass is 353 g/mol. The number of nitrogens with zero attached hydrogens (tertiary/aromatic N) is 1. The first kappa shape index (κ1) is 15.8. The van der Waals surface area contributed by atoms with Crippen molar-refractivity contribution in [2.45, 2.75) is 11.4 Å². The summed E-state index contributed by atoms with van der Waals surface area (Å²) < 4.78 is 32.5. The zero-order valence-corrected chi connectivity index (χ0v) is 14.1. The Balaban J connectivity index is 1.70. The summed E-state index contributed by atoms with van der Waals surface area (Å²) in [6.45, 7) is -0.136. The number of sulfonamides is 1. The van der Waals surface area contributed by atoms with Crippen molar-refractivity contribution in [1.29, 1.82) is 0 Å². The Morgan fingerprint density at radius 3 is 2.20 bits per heavy atom. The van der Waals surface area contributed by atoms with Crippen molar-refractivity contribution in [3.8, 4) is 11.3 Å². The topological polar surface area (TPSA) is 67.6 Å². The molecular weight excluding hydrogens is 338 g/mol. The van der Waals surface area contributed by atoms with Crippen LogP contribution in [0, 0.1) is 0 Å². The number of carbonyl (C=O) groups excluding carboxylic acids is 1. The molecule has 1 aliphatic heterocycles. The molecule has 0 saturated heterocycles. The lowest BCUT2D eigenvalue weighted by Gasteiger charge is -2.24. The Hall–Kier alpha value is -2.70. The maximum Gasteiger partial charge on any atom is 0.243 e. The van der Waals surface area contributed by atoms with Gasteiger partial charge in [0.1, 0.15) is 11.5 Å². The minimum absolute atomic E-state index is 0.0468. The molecule has 0 bridgehead atoms. The van der Waals surface area contributed by atoms with Gasteiger partial charge in [-0.1, -0.05) is 48.5 Å². The van der Waals surface area contributed by atoms with Crippen molar-refractivity contribution in [2.24, 2.45) is 0 Å². The fourth-order valence-electron chi connectivity index (χ4n) is 2.90. The molecule has 126 valence electrons. The maximum absolute atomic E-state index is 12.8. The van der Waals surface area contributed by atoms with Crippen LogP contribution in [0.2, 0.25) is 0 Å². The van der Waals surface area contributed by atoms with Crippen molar-refractivity contribution in [3.05, 3.63) is 78.1 Å². The Kier molecular flexibility index (Phi) is 3.78. The fraction of sp³-hybridized carbons (Fsp3) is 0.105. The van der Waals surface area contributed by atoms with Gasteiger partial charge in [-0.05, 0) is 18.2 Å². The molecule has 4 rings (SSSR count). The molecule has 0 fully saturated rings. The molecule has 0 atom stereocenters. The molecule has 2 aromatic carbocycles. The Morgan fingerprint density at radius 2 is 1.52 bits per heavy atom. The summed E-state index contributed by atoms with van der Waals surface area (Å²) in [5.74, 6) is 0.694. The van der Waals surface area contributed by atoms with E-state index in [4.69, 9.17) is 4.42 Å². The van der Waals surface area contributed by atoms with Crippen LogP contribution in [0.15, 0.2) is 76.0 Å². The third-order valence-corrected chi connectivity index (χ3v) is 5.99. The molecule has 0 N–H and O–H groups in total. The molecule has 1 aromatic heterocycles. The number of fused-ring (bicyclic) bond motifs is 1. The van der Waals surface area contributed by atoms with Gasteiger partial charge in [-0.3, -0.25) is 4.79 Å². The van der Waals surface area contributed by atoms with E-state index in [1.807, 2.05) is 30.3 Å². The lowest BCUT2D eigenvalue weighted by atomic mass is 10.1. The second-order valence-electron chi connectivity index (χ2n) is 5.82. The molecule has 0 spiro atoms. The number of ketones is 1. The Bertz CT molecular complexity index is 1020. The van der Waals surface area contributed by atoms with Gasteiger partial charge in [0.2, 0.25) is 10.0 Å². The van der Waals surface area contributed by atoms with Gasteiger partial charge in [0.15, 0.2) is 5.78 Å². The van der Waals surface area contributed by atoms with Crippen LogP contribution in [0.1, 0.15) is 16.1 Å². The van der Waals surface area contributed by atoms with Gasteiger partial charge in [-0.15, -0.1) is 0 Å². The van der Waals surface area contributed by atoms with Crippen LogP contribution in [0.25, 0.3) is 11.3 Å². The molecule has 1 aliphatic rings. The number of furan rings is 1. The van der Waals surface area contributed by atoms with Gasteiger partial charge in [0, 0.05) is 5.56 Å². The van der Waals surface area contributed by atoms with Crippen LogP contribution in [-0.2, 0) is 16.6 Å². The number of hydrogen-bond acceptors (Lipinski definition) is 4. The third-order valence-electron chi connectivity index (χ3n) is 4.19. The first-order valence-corrected chi connectivity index (χ1v) is 9.26. The van der Waals surface area contributed by atoms with E-state index in [9.17, 15) is 13.2 Å². The van der Waals surface area contributed by atoms with Crippen molar-refractivity contribution in [3.63, 3.8) is 0 Å². The van der Waals surface area contributed by atoms with Gasteiger partial charge in [0.05, 0.1) is 23.5 Å². The van der Waals surface area contributed by atoms with Crippen molar-refractivity contribution in [2.75, 3.05) is 6.54 Å². The second-order valence-corrected chi connectivity index (χ2v) is 7.76. The quantitative estimate of drug-likeness (QED) is 0.724. The van der Waals surface area contributed by atoms with Gasteiger partial charge in [0.25, 0.3) is 0 Å².